The first-order valence-electron chi connectivity index (χ1n) is 6.34. The van der Waals surface area contributed by atoms with Crippen molar-refractivity contribution in [1.29, 1.82) is 0 Å². The van der Waals surface area contributed by atoms with Crippen LogP contribution < -0.4 is 5.30 Å². The molecule has 6 heteroatoms. The van der Waals surface area contributed by atoms with E-state index in [-0.39, 0.29) is 0 Å². The zero-order valence-electron chi connectivity index (χ0n) is 11.5. The second kappa shape index (κ2) is 8.31. The number of oxime groups is 1. The Labute approximate surface area is 119 Å². The van der Waals surface area contributed by atoms with Crippen molar-refractivity contribution in [3.63, 3.8) is 0 Å². The summed E-state index contributed by atoms with van der Waals surface area (Å²) in [5.41, 5.74) is 0. The van der Waals surface area contributed by atoms with Gasteiger partial charge in [-0.2, -0.15) is 0 Å². The highest BCUT2D eigenvalue weighted by Gasteiger charge is 2.24. The van der Waals surface area contributed by atoms with Crippen LogP contribution >= 0.6 is 6.49 Å². The summed E-state index contributed by atoms with van der Waals surface area (Å²) in [6.45, 7) is 4.14. The van der Waals surface area contributed by atoms with Crippen molar-refractivity contribution < 1.29 is 13.9 Å². The molecule has 0 aliphatic heterocycles. The molecule has 0 aromatic heterocycles. The van der Waals surface area contributed by atoms with Gasteiger partial charge < -0.3 is 13.9 Å². The molecular weight excluding hydrogens is 281 g/mol. The Morgan fingerprint density at radius 3 is 2.37 bits per heavy atom. The van der Waals surface area contributed by atoms with Gasteiger partial charge in [-0.3, -0.25) is 0 Å². The van der Waals surface area contributed by atoms with E-state index in [1.807, 2.05) is 51.1 Å². The van der Waals surface area contributed by atoms with Crippen LogP contribution in [0.3, 0.4) is 0 Å². The molecule has 0 heterocycles. The van der Waals surface area contributed by atoms with E-state index in [2.05, 4.69) is 5.16 Å². The molecule has 0 radical (unpaired) electrons. The maximum atomic E-state index is 5.84. The van der Waals surface area contributed by atoms with E-state index in [0.29, 0.717) is 25.5 Å². The number of nitrogens with zero attached hydrogens (tertiary/aromatic N) is 1. The lowest BCUT2D eigenvalue weighted by Crippen LogP contribution is -2.14. The predicted octanol–water partition coefficient (Wildman–Crippen LogP) is 3.43. The molecule has 1 aromatic rings. The summed E-state index contributed by atoms with van der Waals surface area (Å²) in [5.74, 6) is 0.475. The Bertz CT molecular complexity index is 450. The number of hydrogen-bond acceptors (Lipinski definition) is 5. The third-order valence-electron chi connectivity index (χ3n) is 2.19. The molecule has 1 atom stereocenters. The van der Waals surface area contributed by atoms with Gasteiger partial charge in [-0.25, -0.2) is 0 Å². The second-order valence-electron chi connectivity index (χ2n) is 3.60. The van der Waals surface area contributed by atoms with Gasteiger partial charge in [-0.15, -0.1) is 0 Å². The molecule has 0 aliphatic carbocycles. The Kier molecular flexibility index (Phi) is 7.06. The molecule has 1 aromatic carbocycles. The predicted molar refractivity (Wildman–Crippen MR) is 82.4 cm³/mol. The average molecular weight is 301 g/mol. The molecular formula is C13H20NO3PS. The highest BCUT2D eigenvalue weighted by Crippen LogP contribution is 2.47. The lowest BCUT2D eigenvalue weighted by Gasteiger charge is -2.22. The molecule has 0 spiro atoms. The highest BCUT2D eigenvalue weighted by atomic mass is 32.5. The normalized spacial score (nSPS) is 14.8. The van der Waals surface area contributed by atoms with Crippen LogP contribution in [0, 0.1) is 0 Å². The Morgan fingerprint density at radius 2 is 1.84 bits per heavy atom. The monoisotopic (exact) mass is 301 g/mol. The van der Waals surface area contributed by atoms with E-state index in [1.54, 1.807) is 0 Å². The first-order chi connectivity index (χ1) is 9.16. The van der Waals surface area contributed by atoms with Gasteiger partial charge in [0.1, 0.15) is 6.61 Å². The number of benzene rings is 1. The average Bonchev–Trinajstić information content (AvgIpc) is 2.44. The molecule has 1 rings (SSSR count). The van der Waals surface area contributed by atoms with Gasteiger partial charge in [0.25, 0.3) is 6.49 Å². The summed E-state index contributed by atoms with van der Waals surface area (Å²) < 4.78 is 11.5. The molecule has 0 bridgehead atoms. The SMILES string of the molecule is CCON=C(CC)OP(=S)(OCC)c1ccccc1. The zero-order valence-corrected chi connectivity index (χ0v) is 13.2. The second-order valence-corrected chi connectivity index (χ2v) is 6.99. The van der Waals surface area contributed by atoms with Gasteiger partial charge in [0.15, 0.2) is 0 Å². The molecule has 0 saturated heterocycles. The van der Waals surface area contributed by atoms with E-state index in [0.717, 1.165) is 5.30 Å². The summed E-state index contributed by atoms with van der Waals surface area (Å²) in [4.78, 5) is 5.03. The maximum absolute atomic E-state index is 5.84. The fourth-order valence-electron chi connectivity index (χ4n) is 1.36. The van der Waals surface area contributed by atoms with Crippen molar-refractivity contribution in [2.24, 2.45) is 5.16 Å². The minimum absolute atomic E-state index is 0.475. The van der Waals surface area contributed by atoms with Crippen LogP contribution in [0.25, 0.3) is 0 Å². The van der Waals surface area contributed by atoms with Crippen molar-refractivity contribution in [3.8, 4) is 0 Å². The molecule has 106 valence electrons. The van der Waals surface area contributed by atoms with E-state index in [4.69, 9.17) is 25.7 Å². The third-order valence-corrected chi connectivity index (χ3v) is 5.35. The van der Waals surface area contributed by atoms with E-state index < -0.39 is 6.49 Å². The number of rotatable bonds is 7. The molecule has 4 nitrogen and oxygen atoms in total. The molecule has 0 saturated carbocycles. The van der Waals surface area contributed by atoms with Crippen molar-refractivity contribution >= 4 is 29.5 Å². The smallest absolute Gasteiger partial charge is 0.270 e. The summed E-state index contributed by atoms with van der Waals surface area (Å²) in [7, 11) is 0. The van der Waals surface area contributed by atoms with Crippen molar-refractivity contribution in [1.82, 2.24) is 0 Å². The molecule has 0 fully saturated rings. The van der Waals surface area contributed by atoms with E-state index in [9.17, 15) is 0 Å². The lowest BCUT2D eigenvalue weighted by atomic mass is 10.4. The minimum atomic E-state index is -2.56. The standard InChI is InChI=1S/C13H20NO3PS/c1-4-13(14-15-5-2)17-18(19,16-6-3)12-10-8-7-9-11-12/h7-11H,4-6H2,1-3H3. The molecule has 0 N–H and O–H groups in total. The van der Waals surface area contributed by atoms with Crippen LogP contribution in [-0.2, 0) is 25.7 Å². The Morgan fingerprint density at radius 1 is 1.16 bits per heavy atom. The van der Waals surface area contributed by atoms with Gasteiger partial charge in [-0.1, -0.05) is 30.3 Å². The quantitative estimate of drug-likeness (QED) is 0.335. The van der Waals surface area contributed by atoms with E-state index in [1.165, 1.54) is 0 Å². The van der Waals surface area contributed by atoms with Gasteiger partial charge in [0, 0.05) is 11.7 Å². The van der Waals surface area contributed by atoms with Crippen LogP contribution in [0.5, 0.6) is 0 Å². The summed E-state index contributed by atoms with van der Waals surface area (Å²) in [5, 5.41) is 4.81. The third kappa shape index (κ3) is 4.94. The number of hydrogen-bond donors (Lipinski definition) is 0. The van der Waals surface area contributed by atoms with Gasteiger partial charge in [0.2, 0.25) is 5.90 Å². The van der Waals surface area contributed by atoms with Crippen LogP contribution in [0.15, 0.2) is 35.5 Å². The topological polar surface area (TPSA) is 40.0 Å². The van der Waals surface area contributed by atoms with Gasteiger partial charge in [0.05, 0.1) is 6.61 Å². The molecule has 19 heavy (non-hydrogen) atoms. The van der Waals surface area contributed by atoms with Crippen molar-refractivity contribution in [2.75, 3.05) is 13.2 Å². The van der Waals surface area contributed by atoms with Crippen LogP contribution in [-0.4, -0.2) is 19.1 Å². The lowest BCUT2D eigenvalue weighted by molar-refractivity contribution is 0.151. The summed E-state index contributed by atoms with van der Waals surface area (Å²) in [6.07, 6.45) is 0.609. The maximum Gasteiger partial charge on any atom is 0.270 e. The van der Waals surface area contributed by atoms with Gasteiger partial charge in [-0.05, 0) is 37.8 Å². The molecule has 0 amide bonds. The van der Waals surface area contributed by atoms with E-state index >= 15 is 0 Å². The zero-order chi connectivity index (χ0) is 14.1. The first-order valence-corrected chi connectivity index (χ1v) is 8.98. The fourth-order valence-corrected chi connectivity index (χ4v) is 3.92. The highest BCUT2D eigenvalue weighted by molar-refractivity contribution is 8.13. The largest absolute Gasteiger partial charge is 0.423 e. The summed E-state index contributed by atoms with van der Waals surface area (Å²) >= 11 is 5.59. The first kappa shape index (κ1) is 16.2. The van der Waals surface area contributed by atoms with Crippen LogP contribution in [0.1, 0.15) is 27.2 Å². The van der Waals surface area contributed by atoms with Crippen molar-refractivity contribution in [3.05, 3.63) is 30.3 Å². The fraction of sp³-hybridized carbons (Fsp3) is 0.462. The van der Waals surface area contributed by atoms with Crippen LogP contribution in [0.4, 0.5) is 0 Å². The Balaban J connectivity index is 2.97. The van der Waals surface area contributed by atoms with Crippen LogP contribution in [0.2, 0.25) is 0 Å². The summed E-state index contributed by atoms with van der Waals surface area (Å²) in [6, 6.07) is 9.62. The minimum Gasteiger partial charge on any atom is -0.423 e. The Hall–Kier alpha value is -0.900. The van der Waals surface area contributed by atoms with Gasteiger partial charge >= 0.3 is 0 Å². The molecule has 0 aliphatic rings. The van der Waals surface area contributed by atoms with Crippen molar-refractivity contribution in [2.45, 2.75) is 27.2 Å². The molecule has 1 unspecified atom stereocenters.